The molecule has 6 nitrogen and oxygen atoms in total. The largest absolute Gasteiger partial charge is 0.464 e. The Hall–Kier alpha value is -3.14. The average molecular weight is 343 g/mol. The first kappa shape index (κ1) is 17.2. The highest BCUT2D eigenvalue weighted by atomic mass is 19.2. The standard InChI is InChI=1S/C14H9F4N3O3/c15-6-1-2-11(10(18)3-6)20-12-5-9(17)8(16)4-7(12)13(22)21(19)14(23)24/h1-5,20H,19H2,(H,23,24). The molecule has 0 aliphatic rings. The van der Waals surface area contributed by atoms with Crippen LogP contribution in [0.5, 0.6) is 0 Å². The zero-order chi connectivity index (χ0) is 18.0. The Bertz CT molecular complexity index is 829. The lowest BCUT2D eigenvalue weighted by molar-refractivity contribution is 0.0742. The summed E-state index contributed by atoms with van der Waals surface area (Å²) < 4.78 is 53.3. The molecule has 0 spiro atoms. The van der Waals surface area contributed by atoms with Crippen LogP contribution < -0.4 is 11.2 Å². The van der Waals surface area contributed by atoms with Crippen LogP contribution in [0, 0.1) is 23.3 Å². The zero-order valence-corrected chi connectivity index (χ0v) is 11.7. The first-order valence-electron chi connectivity index (χ1n) is 6.24. The van der Waals surface area contributed by atoms with Crippen molar-refractivity contribution in [2.75, 3.05) is 5.32 Å². The number of carbonyl (C=O) groups is 2. The number of hydrogen-bond donors (Lipinski definition) is 3. The summed E-state index contributed by atoms with van der Waals surface area (Å²) in [5.41, 5.74) is -1.47. The number of carboxylic acid groups (broad SMARTS) is 1. The van der Waals surface area contributed by atoms with Crippen molar-refractivity contribution >= 4 is 23.4 Å². The predicted octanol–water partition coefficient (Wildman–Crippen LogP) is 2.98. The normalized spacial score (nSPS) is 10.4. The van der Waals surface area contributed by atoms with Crippen LogP contribution in [0.2, 0.25) is 0 Å². The van der Waals surface area contributed by atoms with Crippen molar-refractivity contribution in [1.82, 2.24) is 5.01 Å². The molecule has 0 aliphatic heterocycles. The van der Waals surface area contributed by atoms with E-state index in [1.807, 2.05) is 0 Å². The summed E-state index contributed by atoms with van der Waals surface area (Å²) >= 11 is 0. The van der Waals surface area contributed by atoms with Gasteiger partial charge in [-0.15, -0.1) is 0 Å². The van der Waals surface area contributed by atoms with Crippen molar-refractivity contribution < 1.29 is 32.3 Å². The van der Waals surface area contributed by atoms with Crippen LogP contribution in [0.25, 0.3) is 0 Å². The van der Waals surface area contributed by atoms with Crippen LogP contribution >= 0.6 is 0 Å². The van der Waals surface area contributed by atoms with Crippen molar-refractivity contribution in [3.8, 4) is 0 Å². The second-order valence-corrected chi connectivity index (χ2v) is 4.52. The van der Waals surface area contributed by atoms with Gasteiger partial charge in [0.1, 0.15) is 11.6 Å². The van der Waals surface area contributed by atoms with E-state index >= 15 is 0 Å². The number of nitrogens with one attached hydrogen (secondary N) is 1. The molecule has 2 rings (SSSR count). The second kappa shape index (κ2) is 6.54. The maximum atomic E-state index is 13.7. The second-order valence-electron chi connectivity index (χ2n) is 4.52. The zero-order valence-electron chi connectivity index (χ0n) is 11.7. The van der Waals surface area contributed by atoms with E-state index < -0.39 is 46.5 Å². The Morgan fingerprint density at radius 2 is 1.58 bits per heavy atom. The molecule has 0 unspecified atom stereocenters. The maximum absolute atomic E-state index is 13.7. The molecule has 0 fully saturated rings. The third kappa shape index (κ3) is 3.43. The maximum Gasteiger partial charge on any atom is 0.429 e. The van der Waals surface area contributed by atoms with Gasteiger partial charge in [-0.3, -0.25) is 4.79 Å². The molecule has 2 aromatic carbocycles. The van der Waals surface area contributed by atoms with E-state index in [9.17, 15) is 27.2 Å². The summed E-state index contributed by atoms with van der Waals surface area (Å²) in [6.45, 7) is 0. The van der Waals surface area contributed by atoms with Gasteiger partial charge in [0, 0.05) is 12.1 Å². The van der Waals surface area contributed by atoms with Crippen LogP contribution in [0.1, 0.15) is 10.4 Å². The lowest BCUT2D eigenvalue weighted by atomic mass is 10.1. The lowest BCUT2D eigenvalue weighted by Gasteiger charge is -2.16. The quantitative estimate of drug-likeness (QED) is 0.345. The fraction of sp³-hybridized carbons (Fsp3) is 0. The minimum atomic E-state index is -1.84. The molecule has 0 atom stereocenters. The summed E-state index contributed by atoms with van der Waals surface area (Å²) in [5, 5.41) is 10.7. The molecule has 0 saturated carbocycles. The highest BCUT2D eigenvalue weighted by Gasteiger charge is 2.24. The molecular formula is C14H9F4N3O3. The molecule has 0 aliphatic carbocycles. The van der Waals surface area contributed by atoms with Gasteiger partial charge in [0.25, 0.3) is 5.91 Å². The lowest BCUT2D eigenvalue weighted by Crippen LogP contribution is -2.41. The van der Waals surface area contributed by atoms with Gasteiger partial charge in [-0.05, 0) is 18.2 Å². The summed E-state index contributed by atoms with van der Waals surface area (Å²) in [6.07, 6.45) is -1.84. The van der Waals surface area contributed by atoms with Gasteiger partial charge in [-0.1, -0.05) is 0 Å². The van der Waals surface area contributed by atoms with Crippen molar-refractivity contribution in [3.05, 3.63) is 59.2 Å². The SMILES string of the molecule is NN(C(=O)O)C(=O)c1cc(F)c(F)cc1Nc1ccc(F)cc1F. The number of halogens is 4. The van der Waals surface area contributed by atoms with Crippen LogP contribution in [0.15, 0.2) is 30.3 Å². The van der Waals surface area contributed by atoms with Gasteiger partial charge >= 0.3 is 6.09 Å². The molecule has 0 aromatic heterocycles. The fourth-order valence-corrected chi connectivity index (χ4v) is 1.78. The van der Waals surface area contributed by atoms with E-state index in [-0.39, 0.29) is 10.7 Å². The van der Waals surface area contributed by atoms with Gasteiger partial charge in [0.05, 0.1) is 16.9 Å². The number of hydrazine groups is 1. The average Bonchev–Trinajstić information content (AvgIpc) is 2.51. The van der Waals surface area contributed by atoms with Crippen molar-refractivity contribution in [1.29, 1.82) is 0 Å². The van der Waals surface area contributed by atoms with E-state index in [1.165, 1.54) is 0 Å². The van der Waals surface area contributed by atoms with Crippen LogP contribution in [-0.2, 0) is 0 Å². The Morgan fingerprint density at radius 3 is 2.17 bits per heavy atom. The Labute approximate surface area is 132 Å². The molecule has 24 heavy (non-hydrogen) atoms. The highest BCUT2D eigenvalue weighted by Crippen LogP contribution is 2.26. The van der Waals surface area contributed by atoms with Gasteiger partial charge in [0.15, 0.2) is 11.6 Å². The molecule has 0 heterocycles. The van der Waals surface area contributed by atoms with Crippen molar-refractivity contribution in [3.63, 3.8) is 0 Å². The molecule has 2 amide bonds. The number of hydrogen-bond acceptors (Lipinski definition) is 4. The Balaban J connectivity index is 2.50. The van der Waals surface area contributed by atoms with Crippen molar-refractivity contribution in [2.24, 2.45) is 5.84 Å². The Kier molecular flexibility index (Phi) is 4.69. The number of imide groups is 1. The molecule has 0 radical (unpaired) electrons. The number of rotatable bonds is 3. The summed E-state index contributed by atoms with van der Waals surface area (Å²) in [5.74, 6) is -1.14. The third-order valence-electron chi connectivity index (χ3n) is 2.92. The van der Waals surface area contributed by atoms with Crippen LogP contribution in [0.4, 0.5) is 33.7 Å². The smallest absolute Gasteiger partial charge is 0.429 e. The molecular weight excluding hydrogens is 334 g/mol. The van der Waals surface area contributed by atoms with Gasteiger partial charge in [0.2, 0.25) is 0 Å². The number of anilines is 2. The van der Waals surface area contributed by atoms with E-state index in [2.05, 4.69) is 5.32 Å². The topological polar surface area (TPSA) is 95.7 Å². The molecule has 2 aromatic rings. The van der Waals surface area contributed by atoms with E-state index in [0.29, 0.717) is 18.2 Å². The molecule has 0 saturated heterocycles. The van der Waals surface area contributed by atoms with E-state index in [0.717, 1.165) is 12.1 Å². The van der Waals surface area contributed by atoms with Crippen LogP contribution in [0.3, 0.4) is 0 Å². The first-order chi connectivity index (χ1) is 11.2. The van der Waals surface area contributed by atoms with Gasteiger partial charge in [-0.2, -0.15) is 5.01 Å². The molecule has 0 bridgehead atoms. The number of nitrogens with zero attached hydrogens (tertiary/aromatic N) is 1. The number of amides is 2. The van der Waals surface area contributed by atoms with Gasteiger partial charge in [-0.25, -0.2) is 28.2 Å². The number of nitrogens with two attached hydrogens (primary N) is 1. The van der Waals surface area contributed by atoms with Crippen LogP contribution in [-0.4, -0.2) is 22.1 Å². The van der Waals surface area contributed by atoms with Crippen molar-refractivity contribution in [2.45, 2.75) is 0 Å². The first-order valence-corrected chi connectivity index (χ1v) is 6.24. The van der Waals surface area contributed by atoms with E-state index in [1.54, 1.807) is 0 Å². The summed E-state index contributed by atoms with van der Waals surface area (Å²) in [6, 6.07) is 3.29. The fourth-order valence-electron chi connectivity index (χ4n) is 1.78. The minimum absolute atomic E-state index is 0.251. The Morgan fingerprint density at radius 1 is 0.958 bits per heavy atom. The highest BCUT2D eigenvalue weighted by molar-refractivity contribution is 6.06. The molecule has 10 heteroatoms. The summed E-state index contributed by atoms with van der Waals surface area (Å²) in [7, 11) is 0. The minimum Gasteiger partial charge on any atom is -0.464 e. The third-order valence-corrected chi connectivity index (χ3v) is 2.92. The van der Waals surface area contributed by atoms with Gasteiger partial charge < -0.3 is 10.4 Å². The summed E-state index contributed by atoms with van der Waals surface area (Å²) in [4.78, 5) is 22.7. The predicted molar refractivity (Wildman–Crippen MR) is 74.4 cm³/mol. The number of benzene rings is 2. The monoisotopic (exact) mass is 343 g/mol. The van der Waals surface area contributed by atoms with E-state index in [4.69, 9.17) is 10.9 Å². The number of carbonyl (C=O) groups excluding carboxylic acids is 1. The molecule has 126 valence electrons. The molecule has 4 N–H and O–H groups in total.